The maximum absolute atomic E-state index is 2.52. The van der Waals surface area contributed by atoms with Crippen LogP contribution in [-0.4, -0.2) is 13.7 Å². The van der Waals surface area contributed by atoms with E-state index in [2.05, 4.69) is 185 Å². The van der Waals surface area contributed by atoms with Gasteiger partial charge in [0.15, 0.2) is 0 Å². The third kappa shape index (κ3) is 7.19. The summed E-state index contributed by atoms with van der Waals surface area (Å²) < 4.78 is 7.54. The number of aromatic nitrogens is 3. The molecule has 3 heteroatoms. The summed E-state index contributed by atoms with van der Waals surface area (Å²) >= 11 is 0. The van der Waals surface area contributed by atoms with Crippen LogP contribution in [0.5, 0.6) is 0 Å². The molecule has 7 aromatic carbocycles. The minimum Gasteiger partial charge on any atom is -0.340 e. The van der Waals surface area contributed by atoms with Crippen LogP contribution in [0.4, 0.5) is 0 Å². The second kappa shape index (κ2) is 16.9. The zero-order valence-corrected chi connectivity index (χ0v) is 35.4. The summed E-state index contributed by atoms with van der Waals surface area (Å²) in [6.07, 6.45) is 12.5. The van der Waals surface area contributed by atoms with Crippen LogP contribution in [0.15, 0.2) is 158 Å². The second-order valence-corrected chi connectivity index (χ2v) is 17.2. The fraction of sp³-hybridized carbons (Fsp3) is 0.263. The van der Waals surface area contributed by atoms with Crippen molar-refractivity contribution in [1.29, 1.82) is 0 Å². The van der Waals surface area contributed by atoms with Gasteiger partial charge in [0.05, 0.1) is 11.0 Å². The molecule has 0 bridgehead atoms. The third-order valence-corrected chi connectivity index (χ3v) is 13.6. The van der Waals surface area contributed by atoms with Crippen molar-refractivity contribution in [1.82, 2.24) is 13.7 Å². The molecule has 0 radical (unpaired) electrons. The highest BCUT2D eigenvalue weighted by atomic mass is 15.0. The van der Waals surface area contributed by atoms with Crippen molar-refractivity contribution in [3.63, 3.8) is 0 Å². The molecule has 3 nitrogen and oxygen atoms in total. The Labute approximate surface area is 354 Å². The number of rotatable bonds is 16. The molecule has 3 heterocycles. The van der Waals surface area contributed by atoms with Crippen molar-refractivity contribution >= 4 is 65.4 Å². The average molecular weight is 784 g/mol. The predicted octanol–water partition coefficient (Wildman–Crippen LogP) is 15.4. The quantitative estimate of drug-likeness (QED) is 0.0867. The molecule has 0 aliphatic rings. The van der Waals surface area contributed by atoms with Crippen LogP contribution in [-0.2, 0) is 32.4 Å². The van der Waals surface area contributed by atoms with Gasteiger partial charge in [-0.3, -0.25) is 0 Å². The zero-order chi connectivity index (χ0) is 40.4. The maximum atomic E-state index is 2.52. The Kier molecular flexibility index (Phi) is 10.7. The number of fused-ring (bicyclic) bond motifs is 9. The van der Waals surface area contributed by atoms with Crippen molar-refractivity contribution in [2.45, 2.75) is 91.1 Å². The first-order valence-corrected chi connectivity index (χ1v) is 22.8. The molecule has 3 aromatic heterocycles. The molecule has 60 heavy (non-hydrogen) atoms. The molecule has 0 spiro atoms. The summed E-state index contributed by atoms with van der Waals surface area (Å²) in [5, 5.41) is 8.00. The molecule has 0 saturated heterocycles. The number of benzene rings is 7. The Bertz CT molecular complexity index is 2800. The second-order valence-electron chi connectivity index (χ2n) is 17.2. The molecule has 0 aliphatic carbocycles. The van der Waals surface area contributed by atoms with E-state index in [1.165, 1.54) is 133 Å². The first-order chi connectivity index (χ1) is 29.7. The summed E-state index contributed by atoms with van der Waals surface area (Å²) in [4.78, 5) is 0. The van der Waals surface area contributed by atoms with Gasteiger partial charge in [-0.05, 0) is 109 Å². The molecule has 0 aliphatic heterocycles. The van der Waals surface area contributed by atoms with Gasteiger partial charge in [-0.2, -0.15) is 0 Å². The lowest BCUT2D eigenvalue weighted by Crippen LogP contribution is -2.02. The molecule has 10 rings (SSSR count). The van der Waals surface area contributed by atoms with Crippen molar-refractivity contribution in [2.75, 3.05) is 0 Å². The van der Waals surface area contributed by atoms with Crippen molar-refractivity contribution in [3.05, 3.63) is 174 Å². The molecule has 0 fully saturated rings. The van der Waals surface area contributed by atoms with E-state index in [9.17, 15) is 0 Å². The topological polar surface area (TPSA) is 14.8 Å². The normalized spacial score (nSPS) is 12.6. The number of hydrogen-bond acceptors (Lipinski definition) is 0. The van der Waals surface area contributed by atoms with Crippen LogP contribution >= 0.6 is 0 Å². The molecular weight excluding hydrogens is 727 g/mol. The highest BCUT2D eigenvalue weighted by Gasteiger charge is 2.17. The molecule has 0 N–H and O–H groups in total. The first-order valence-electron chi connectivity index (χ1n) is 22.8. The largest absolute Gasteiger partial charge is 0.340 e. The monoisotopic (exact) mass is 783 g/mol. The van der Waals surface area contributed by atoms with Crippen LogP contribution in [0.25, 0.3) is 71.1 Å². The lowest BCUT2D eigenvalue weighted by Gasteiger charge is -2.15. The standard InChI is InChI=1S/C57H57N3/c1-3-5-6-7-16-41(4-2)25-26-42-27-31-45(32-28-42)60-56-33-29-43(35-37-58-52-21-12-8-17-46(52)47-18-9-13-22-53(47)58)39-50(56)51-40-44(30-34-57(51)60)36-38-59-54-23-14-10-19-48(54)49-20-11-15-24-55(49)59/h8-15,17-24,27-34,39-41H,3-7,16,25-26,35-38H2,1-2H3. The minimum absolute atomic E-state index is 0.826. The number of hydrogen-bond donors (Lipinski definition) is 0. The van der Waals surface area contributed by atoms with Gasteiger partial charge in [0.1, 0.15) is 0 Å². The molecule has 300 valence electrons. The van der Waals surface area contributed by atoms with Gasteiger partial charge in [0.25, 0.3) is 0 Å². The van der Waals surface area contributed by atoms with Gasteiger partial charge in [-0.1, -0.05) is 149 Å². The number of unbranched alkanes of at least 4 members (excludes halogenated alkanes) is 3. The average Bonchev–Trinajstić information content (AvgIpc) is 3.92. The van der Waals surface area contributed by atoms with E-state index in [0.29, 0.717) is 0 Å². The van der Waals surface area contributed by atoms with Crippen LogP contribution in [0, 0.1) is 5.92 Å². The number of aryl methyl sites for hydroxylation is 5. The summed E-state index contributed by atoms with van der Waals surface area (Å²) in [5.74, 6) is 0.826. The van der Waals surface area contributed by atoms with Gasteiger partial charge in [0, 0.05) is 73.2 Å². The lowest BCUT2D eigenvalue weighted by molar-refractivity contribution is 0.414. The van der Waals surface area contributed by atoms with Crippen LogP contribution < -0.4 is 0 Å². The molecule has 0 saturated carbocycles. The van der Waals surface area contributed by atoms with Gasteiger partial charge in [0.2, 0.25) is 0 Å². The molecular formula is C57H57N3. The predicted molar refractivity (Wildman–Crippen MR) is 258 cm³/mol. The maximum Gasteiger partial charge on any atom is 0.0541 e. The van der Waals surface area contributed by atoms with Crippen LogP contribution in [0.2, 0.25) is 0 Å². The summed E-state index contributed by atoms with van der Waals surface area (Å²) in [5.41, 5.74) is 13.2. The Morgan fingerprint density at radius 2 is 0.833 bits per heavy atom. The zero-order valence-electron chi connectivity index (χ0n) is 35.4. The number of para-hydroxylation sites is 4. The van der Waals surface area contributed by atoms with Crippen LogP contribution in [0.1, 0.15) is 75.5 Å². The highest BCUT2D eigenvalue weighted by Crippen LogP contribution is 2.36. The Hall–Kier alpha value is -6.06. The fourth-order valence-corrected chi connectivity index (χ4v) is 10.3. The summed E-state index contributed by atoms with van der Waals surface area (Å²) in [7, 11) is 0. The summed E-state index contributed by atoms with van der Waals surface area (Å²) in [6.45, 7) is 6.54. The smallest absolute Gasteiger partial charge is 0.0541 e. The number of nitrogens with zero attached hydrogens (tertiary/aromatic N) is 3. The Morgan fingerprint density at radius 1 is 0.383 bits per heavy atom. The third-order valence-electron chi connectivity index (χ3n) is 13.6. The van der Waals surface area contributed by atoms with E-state index in [1.807, 2.05) is 0 Å². The Balaban J connectivity index is 0.986. The van der Waals surface area contributed by atoms with E-state index in [1.54, 1.807) is 0 Å². The summed E-state index contributed by atoms with van der Waals surface area (Å²) in [6, 6.07) is 59.4. The molecule has 0 amide bonds. The van der Waals surface area contributed by atoms with Crippen LogP contribution in [0.3, 0.4) is 0 Å². The molecule has 10 aromatic rings. The van der Waals surface area contributed by atoms with Crippen molar-refractivity contribution in [2.24, 2.45) is 5.92 Å². The van der Waals surface area contributed by atoms with E-state index in [4.69, 9.17) is 0 Å². The SMILES string of the molecule is CCCCCCC(CC)CCc1ccc(-n2c3ccc(CCn4c5ccccc5c5ccccc54)cc3c3cc(CCn4c5ccccc5c5ccccc54)ccc32)cc1. The Morgan fingerprint density at radius 3 is 1.28 bits per heavy atom. The van der Waals surface area contributed by atoms with Crippen molar-refractivity contribution < 1.29 is 0 Å². The van der Waals surface area contributed by atoms with E-state index in [-0.39, 0.29) is 0 Å². The molecule has 1 atom stereocenters. The lowest BCUT2D eigenvalue weighted by atomic mass is 9.92. The van der Waals surface area contributed by atoms with Gasteiger partial charge >= 0.3 is 0 Å². The first kappa shape index (κ1) is 38.2. The van der Waals surface area contributed by atoms with E-state index >= 15 is 0 Å². The van der Waals surface area contributed by atoms with Gasteiger partial charge in [-0.15, -0.1) is 0 Å². The van der Waals surface area contributed by atoms with Gasteiger partial charge < -0.3 is 13.7 Å². The minimum atomic E-state index is 0.826. The van der Waals surface area contributed by atoms with Crippen molar-refractivity contribution in [3.8, 4) is 5.69 Å². The molecule has 1 unspecified atom stereocenters. The van der Waals surface area contributed by atoms with Gasteiger partial charge in [-0.25, -0.2) is 0 Å². The van der Waals surface area contributed by atoms with E-state index < -0.39 is 0 Å². The highest BCUT2D eigenvalue weighted by molar-refractivity contribution is 6.10. The van der Waals surface area contributed by atoms with E-state index in [0.717, 1.165) is 38.3 Å². The fourth-order valence-electron chi connectivity index (χ4n) is 10.3.